The van der Waals surface area contributed by atoms with E-state index in [1.54, 1.807) is 19.1 Å². The van der Waals surface area contributed by atoms with Crippen molar-refractivity contribution in [1.29, 1.82) is 0 Å². The van der Waals surface area contributed by atoms with Crippen molar-refractivity contribution in [2.24, 2.45) is 0 Å². The molecule has 0 radical (unpaired) electrons. The zero-order chi connectivity index (χ0) is 12.6. The molecule has 0 saturated carbocycles. The monoisotopic (exact) mass is 238 g/mol. The van der Waals surface area contributed by atoms with Crippen LogP contribution in [0.1, 0.15) is 49.9 Å². The minimum absolute atomic E-state index is 0. The predicted molar refractivity (Wildman–Crippen MR) is 72.8 cm³/mol. The van der Waals surface area contributed by atoms with E-state index >= 15 is 0 Å². The Morgan fingerprint density at radius 1 is 1.41 bits per heavy atom. The van der Waals surface area contributed by atoms with Crippen molar-refractivity contribution >= 4 is 18.1 Å². The highest BCUT2D eigenvalue weighted by molar-refractivity contribution is 5.92. The van der Waals surface area contributed by atoms with E-state index in [-0.39, 0.29) is 13.1 Å². The molecular weight excluding hydrogens is 216 g/mol. The Bertz CT molecular complexity index is 367. The SMILES string of the molecule is C.C=Cc1[nH]nc(C(=O)OCC)c1C=C.CC. The molecule has 1 heterocycles. The van der Waals surface area contributed by atoms with Gasteiger partial charge in [0.05, 0.1) is 12.3 Å². The minimum Gasteiger partial charge on any atom is -0.461 e. The number of rotatable bonds is 4. The molecule has 1 aromatic heterocycles. The zero-order valence-corrected chi connectivity index (χ0v) is 10.0. The Balaban J connectivity index is 0. The molecule has 0 amide bonds. The Morgan fingerprint density at radius 3 is 2.41 bits per heavy atom. The number of nitrogens with zero attached hydrogens (tertiary/aromatic N) is 1. The molecule has 1 N–H and O–H groups in total. The van der Waals surface area contributed by atoms with Gasteiger partial charge in [-0.15, -0.1) is 0 Å². The van der Waals surface area contributed by atoms with Gasteiger partial charge in [-0.05, 0) is 13.0 Å². The smallest absolute Gasteiger partial charge is 0.359 e. The molecule has 0 saturated heterocycles. The van der Waals surface area contributed by atoms with Crippen molar-refractivity contribution in [3.05, 3.63) is 30.1 Å². The molecule has 1 rings (SSSR count). The van der Waals surface area contributed by atoms with E-state index in [0.29, 0.717) is 17.9 Å². The molecule has 4 nitrogen and oxygen atoms in total. The molecule has 17 heavy (non-hydrogen) atoms. The normalized spacial score (nSPS) is 8.18. The first-order chi connectivity index (χ1) is 7.74. The fourth-order valence-electron chi connectivity index (χ4n) is 1.08. The van der Waals surface area contributed by atoms with E-state index in [1.165, 1.54) is 0 Å². The van der Waals surface area contributed by atoms with Crippen LogP contribution in [0.25, 0.3) is 12.2 Å². The molecule has 96 valence electrons. The van der Waals surface area contributed by atoms with Crippen LogP contribution in [-0.2, 0) is 4.74 Å². The van der Waals surface area contributed by atoms with Crippen LogP contribution in [0, 0.1) is 0 Å². The molecular formula is C13H22N2O2. The summed E-state index contributed by atoms with van der Waals surface area (Å²) in [6.07, 6.45) is 3.12. The summed E-state index contributed by atoms with van der Waals surface area (Å²) in [5.41, 5.74) is 1.54. The first-order valence-corrected chi connectivity index (χ1v) is 5.25. The number of esters is 1. The van der Waals surface area contributed by atoms with E-state index in [1.807, 2.05) is 13.8 Å². The lowest BCUT2D eigenvalue weighted by molar-refractivity contribution is 0.0519. The summed E-state index contributed by atoms with van der Waals surface area (Å²) in [7, 11) is 0. The Morgan fingerprint density at radius 2 is 2.00 bits per heavy atom. The quantitative estimate of drug-likeness (QED) is 0.816. The maximum absolute atomic E-state index is 11.4. The van der Waals surface area contributed by atoms with Crippen LogP contribution in [0.4, 0.5) is 0 Å². The second-order valence-electron chi connectivity index (χ2n) is 2.53. The Labute approximate surface area is 103 Å². The lowest BCUT2D eigenvalue weighted by Crippen LogP contribution is -2.06. The van der Waals surface area contributed by atoms with Gasteiger partial charge in [0.15, 0.2) is 5.69 Å². The summed E-state index contributed by atoms with van der Waals surface area (Å²) >= 11 is 0. The van der Waals surface area contributed by atoms with E-state index in [4.69, 9.17) is 4.74 Å². The van der Waals surface area contributed by atoms with Crippen LogP contribution in [0.15, 0.2) is 13.2 Å². The summed E-state index contributed by atoms with van der Waals surface area (Å²) in [4.78, 5) is 11.4. The molecule has 4 heteroatoms. The molecule has 0 spiro atoms. The van der Waals surface area contributed by atoms with Crippen LogP contribution in [0.3, 0.4) is 0 Å². The molecule has 0 fully saturated rings. The maximum Gasteiger partial charge on any atom is 0.359 e. The largest absolute Gasteiger partial charge is 0.461 e. The lowest BCUT2D eigenvalue weighted by atomic mass is 10.2. The molecule has 0 aliphatic carbocycles. The molecule has 1 aromatic rings. The molecule has 0 aromatic carbocycles. The number of aromatic amines is 1. The van der Waals surface area contributed by atoms with Crippen LogP contribution in [0.5, 0.6) is 0 Å². The Kier molecular flexibility index (Phi) is 9.70. The highest BCUT2D eigenvalue weighted by atomic mass is 16.5. The van der Waals surface area contributed by atoms with Crippen molar-refractivity contribution in [2.75, 3.05) is 6.61 Å². The van der Waals surface area contributed by atoms with Gasteiger partial charge in [-0.2, -0.15) is 5.10 Å². The first kappa shape index (κ1) is 17.6. The predicted octanol–water partition coefficient (Wildman–Crippen LogP) is 3.53. The molecule has 0 aliphatic rings. The summed E-state index contributed by atoms with van der Waals surface area (Å²) in [6.45, 7) is 13.3. The number of aromatic nitrogens is 2. The molecule has 0 unspecified atom stereocenters. The number of nitrogens with one attached hydrogen (secondary N) is 1. The number of carbonyl (C=O) groups excluding carboxylic acids is 1. The third-order valence-corrected chi connectivity index (χ3v) is 1.71. The first-order valence-electron chi connectivity index (χ1n) is 5.25. The highest BCUT2D eigenvalue weighted by Crippen LogP contribution is 2.14. The summed E-state index contributed by atoms with van der Waals surface area (Å²) < 4.78 is 4.82. The van der Waals surface area contributed by atoms with E-state index in [0.717, 1.165) is 0 Å². The summed E-state index contributed by atoms with van der Waals surface area (Å²) in [5, 5.41) is 6.51. The van der Waals surface area contributed by atoms with Crippen LogP contribution >= 0.6 is 0 Å². The van der Waals surface area contributed by atoms with E-state index in [9.17, 15) is 4.79 Å². The molecule has 0 bridgehead atoms. The number of H-pyrrole nitrogens is 1. The van der Waals surface area contributed by atoms with Crippen molar-refractivity contribution in [3.63, 3.8) is 0 Å². The van der Waals surface area contributed by atoms with Gasteiger partial charge in [-0.25, -0.2) is 4.79 Å². The van der Waals surface area contributed by atoms with Crippen molar-refractivity contribution in [3.8, 4) is 0 Å². The number of carbonyl (C=O) groups is 1. The minimum atomic E-state index is -0.452. The third kappa shape index (κ3) is 4.26. The standard InChI is InChI=1S/C10H12N2O2.C2H6.CH4/c1-4-7-8(5-2)11-12-9(7)10(13)14-6-3;1-2;/h4-5H,1-2,6H2,3H3,(H,11,12);1-2H3;1H4. The van der Waals surface area contributed by atoms with Gasteiger partial charge in [0.1, 0.15) is 0 Å². The molecule has 0 aliphatic heterocycles. The van der Waals surface area contributed by atoms with Crippen molar-refractivity contribution in [1.82, 2.24) is 10.2 Å². The topological polar surface area (TPSA) is 55.0 Å². The van der Waals surface area contributed by atoms with Gasteiger partial charge in [0, 0.05) is 5.56 Å². The van der Waals surface area contributed by atoms with E-state index in [2.05, 4.69) is 23.4 Å². The lowest BCUT2D eigenvalue weighted by Gasteiger charge is -1.98. The summed E-state index contributed by atoms with van der Waals surface area (Å²) in [6, 6.07) is 0. The highest BCUT2D eigenvalue weighted by Gasteiger charge is 2.16. The van der Waals surface area contributed by atoms with Gasteiger partial charge in [0.25, 0.3) is 0 Å². The maximum atomic E-state index is 11.4. The second-order valence-corrected chi connectivity index (χ2v) is 2.53. The van der Waals surface area contributed by atoms with Crippen molar-refractivity contribution < 1.29 is 9.53 Å². The van der Waals surface area contributed by atoms with Crippen LogP contribution in [-0.4, -0.2) is 22.8 Å². The van der Waals surface area contributed by atoms with Gasteiger partial charge in [-0.1, -0.05) is 40.5 Å². The Hall–Kier alpha value is -1.84. The van der Waals surface area contributed by atoms with E-state index < -0.39 is 5.97 Å². The van der Waals surface area contributed by atoms with Gasteiger partial charge in [0.2, 0.25) is 0 Å². The van der Waals surface area contributed by atoms with Gasteiger partial charge in [-0.3, -0.25) is 5.10 Å². The van der Waals surface area contributed by atoms with Crippen LogP contribution < -0.4 is 0 Å². The number of ether oxygens (including phenoxy) is 1. The fraction of sp³-hybridized carbons (Fsp3) is 0.385. The summed E-state index contributed by atoms with van der Waals surface area (Å²) in [5.74, 6) is -0.452. The number of hydrogen-bond acceptors (Lipinski definition) is 3. The fourth-order valence-corrected chi connectivity index (χ4v) is 1.08. The average Bonchev–Trinajstić information content (AvgIpc) is 2.74. The second kappa shape index (κ2) is 9.39. The van der Waals surface area contributed by atoms with Crippen LogP contribution in [0.2, 0.25) is 0 Å². The van der Waals surface area contributed by atoms with Gasteiger partial charge < -0.3 is 4.74 Å². The van der Waals surface area contributed by atoms with Crippen molar-refractivity contribution in [2.45, 2.75) is 28.2 Å². The zero-order valence-electron chi connectivity index (χ0n) is 10.0. The average molecular weight is 238 g/mol. The molecule has 0 atom stereocenters. The number of hydrogen-bond donors (Lipinski definition) is 1. The van der Waals surface area contributed by atoms with Gasteiger partial charge >= 0.3 is 5.97 Å². The third-order valence-electron chi connectivity index (χ3n) is 1.71.